The van der Waals surface area contributed by atoms with Crippen LogP contribution in [-0.4, -0.2) is 52.8 Å². The molecule has 34 heavy (non-hydrogen) atoms. The molecule has 0 aliphatic carbocycles. The van der Waals surface area contributed by atoms with E-state index in [0.717, 1.165) is 42.4 Å². The Labute approximate surface area is 199 Å². The number of para-hydroxylation sites is 1. The van der Waals surface area contributed by atoms with Crippen LogP contribution in [0.15, 0.2) is 42.5 Å². The average molecular weight is 466 g/mol. The molecule has 4 nitrogen and oxygen atoms in total. The SMILES string of the molecule is Cc1cccc(C)c1C1CCN(Cc2c(C(=O)N3CCC(F)(F)CC3)[nH]c3ccccc23)CC1. The molecule has 6 heteroatoms. The Morgan fingerprint density at radius 2 is 1.62 bits per heavy atom. The van der Waals surface area contributed by atoms with Gasteiger partial charge in [0.1, 0.15) is 5.69 Å². The lowest BCUT2D eigenvalue weighted by Gasteiger charge is -2.34. The van der Waals surface area contributed by atoms with Crippen molar-refractivity contribution in [1.82, 2.24) is 14.8 Å². The summed E-state index contributed by atoms with van der Waals surface area (Å²) >= 11 is 0. The van der Waals surface area contributed by atoms with Gasteiger partial charge in [-0.25, -0.2) is 8.78 Å². The highest BCUT2D eigenvalue weighted by Crippen LogP contribution is 2.35. The van der Waals surface area contributed by atoms with Crippen LogP contribution in [0.4, 0.5) is 8.78 Å². The Morgan fingerprint density at radius 3 is 2.29 bits per heavy atom. The smallest absolute Gasteiger partial charge is 0.270 e. The zero-order valence-electron chi connectivity index (χ0n) is 20.0. The summed E-state index contributed by atoms with van der Waals surface area (Å²) in [4.78, 5) is 20.7. The first-order valence-electron chi connectivity index (χ1n) is 12.4. The fourth-order valence-electron chi connectivity index (χ4n) is 5.82. The van der Waals surface area contributed by atoms with Crippen molar-refractivity contribution >= 4 is 16.8 Å². The molecule has 1 amide bonds. The van der Waals surface area contributed by atoms with Gasteiger partial charge in [0.25, 0.3) is 11.8 Å². The maximum absolute atomic E-state index is 13.7. The van der Waals surface area contributed by atoms with Crippen molar-refractivity contribution in [3.63, 3.8) is 0 Å². The number of alkyl halides is 2. The number of aromatic nitrogens is 1. The Balaban J connectivity index is 1.35. The lowest BCUT2D eigenvalue weighted by atomic mass is 9.84. The second-order valence-electron chi connectivity index (χ2n) is 10.0. The number of halogens is 2. The molecule has 0 bridgehead atoms. The molecule has 0 atom stereocenters. The van der Waals surface area contributed by atoms with Gasteiger partial charge in [-0.1, -0.05) is 36.4 Å². The molecule has 2 aromatic carbocycles. The molecule has 0 spiro atoms. The summed E-state index contributed by atoms with van der Waals surface area (Å²) in [5.74, 6) is -2.26. The molecule has 2 aliphatic heterocycles. The molecular weight excluding hydrogens is 432 g/mol. The molecule has 2 aliphatic rings. The van der Waals surface area contributed by atoms with Crippen LogP contribution in [0.3, 0.4) is 0 Å². The maximum atomic E-state index is 13.7. The molecule has 180 valence electrons. The van der Waals surface area contributed by atoms with Gasteiger partial charge in [-0.3, -0.25) is 9.69 Å². The van der Waals surface area contributed by atoms with Crippen LogP contribution in [0.25, 0.3) is 10.9 Å². The third kappa shape index (κ3) is 4.48. The number of fused-ring (bicyclic) bond motifs is 1. The molecule has 1 aromatic heterocycles. The molecule has 2 fully saturated rings. The number of benzene rings is 2. The number of piperidine rings is 2. The third-order valence-electron chi connectivity index (χ3n) is 7.73. The molecule has 3 aromatic rings. The van der Waals surface area contributed by atoms with Crippen molar-refractivity contribution in [2.75, 3.05) is 26.2 Å². The lowest BCUT2D eigenvalue weighted by molar-refractivity contribution is -0.0495. The van der Waals surface area contributed by atoms with Crippen molar-refractivity contribution in [3.8, 4) is 0 Å². The number of aromatic amines is 1. The number of rotatable bonds is 4. The predicted molar refractivity (Wildman–Crippen MR) is 132 cm³/mol. The Morgan fingerprint density at radius 1 is 0.971 bits per heavy atom. The minimum Gasteiger partial charge on any atom is -0.350 e. The van der Waals surface area contributed by atoms with E-state index in [9.17, 15) is 13.6 Å². The van der Waals surface area contributed by atoms with Crippen LogP contribution in [0.2, 0.25) is 0 Å². The van der Waals surface area contributed by atoms with Gasteiger partial charge in [0.05, 0.1) is 0 Å². The van der Waals surface area contributed by atoms with Crippen molar-refractivity contribution in [2.45, 2.75) is 57.9 Å². The first-order chi connectivity index (χ1) is 16.3. The minimum atomic E-state index is -2.67. The Kier molecular flexibility index (Phi) is 6.19. The van der Waals surface area contributed by atoms with E-state index in [2.05, 4.69) is 41.9 Å². The van der Waals surface area contributed by atoms with E-state index in [1.54, 1.807) is 4.90 Å². The van der Waals surface area contributed by atoms with Gasteiger partial charge in [0, 0.05) is 48.9 Å². The van der Waals surface area contributed by atoms with Crippen LogP contribution in [0.5, 0.6) is 0 Å². The predicted octanol–water partition coefficient (Wildman–Crippen LogP) is 6.04. The maximum Gasteiger partial charge on any atom is 0.270 e. The van der Waals surface area contributed by atoms with Gasteiger partial charge in [0.15, 0.2) is 0 Å². The number of likely N-dealkylation sites (tertiary alicyclic amines) is 2. The van der Waals surface area contributed by atoms with Crippen LogP contribution >= 0.6 is 0 Å². The second kappa shape index (κ2) is 9.14. The number of nitrogens with one attached hydrogen (secondary N) is 1. The highest BCUT2D eigenvalue weighted by molar-refractivity contribution is 6.01. The van der Waals surface area contributed by atoms with Gasteiger partial charge in [-0.2, -0.15) is 0 Å². The van der Waals surface area contributed by atoms with E-state index < -0.39 is 5.92 Å². The first-order valence-corrected chi connectivity index (χ1v) is 12.4. The van der Waals surface area contributed by atoms with Crippen LogP contribution in [-0.2, 0) is 6.54 Å². The summed E-state index contributed by atoms with van der Waals surface area (Å²) in [6.07, 6.45) is 1.66. The Hall–Kier alpha value is -2.73. The molecule has 3 heterocycles. The number of H-pyrrole nitrogens is 1. The van der Waals surface area contributed by atoms with Gasteiger partial charge in [-0.05, 0) is 68.5 Å². The van der Waals surface area contributed by atoms with E-state index in [1.807, 2.05) is 24.3 Å². The summed E-state index contributed by atoms with van der Waals surface area (Å²) in [6, 6.07) is 14.5. The standard InChI is InChI=1S/C28H33F2N3O/c1-19-6-5-7-20(2)25(19)21-10-14-32(15-11-21)18-23-22-8-3-4-9-24(22)31-26(23)27(34)33-16-12-28(29,30)13-17-33/h3-9,21,31H,10-18H2,1-2H3. The first kappa shape index (κ1) is 23.0. The monoisotopic (exact) mass is 465 g/mol. The van der Waals surface area contributed by atoms with Gasteiger partial charge in [-0.15, -0.1) is 0 Å². The number of aryl methyl sites for hydroxylation is 2. The number of nitrogens with zero attached hydrogens (tertiary/aromatic N) is 2. The third-order valence-corrected chi connectivity index (χ3v) is 7.73. The van der Waals surface area contributed by atoms with E-state index in [0.29, 0.717) is 18.2 Å². The zero-order chi connectivity index (χ0) is 23.9. The summed E-state index contributed by atoms with van der Waals surface area (Å²) < 4.78 is 27.3. The summed E-state index contributed by atoms with van der Waals surface area (Å²) in [5, 5.41) is 1.05. The molecule has 0 unspecified atom stereocenters. The van der Waals surface area contributed by atoms with E-state index in [4.69, 9.17) is 0 Å². The summed E-state index contributed by atoms with van der Waals surface area (Å²) in [6.45, 7) is 7.24. The zero-order valence-corrected chi connectivity index (χ0v) is 20.0. The fourth-order valence-corrected chi connectivity index (χ4v) is 5.82. The van der Waals surface area contributed by atoms with Crippen molar-refractivity contribution in [1.29, 1.82) is 0 Å². The van der Waals surface area contributed by atoms with Crippen LogP contribution in [0.1, 0.15) is 64.3 Å². The summed E-state index contributed by atoms with van der Waals surface area (Å²) in [7, 11) is 0. The molecular formula is C28H33F2N3O. The largest absolute Gasteiger partial charge is 0.350 e. The fraction of sp³-hybridized carbons (Fsp3) is 0.464. The molecule has 0 radical (unpaired) electrons. The molecule has 0 saturated carbocycles. The quantitative estimate of drug-likeness (QED) is 0.511. The minimum absolute atomic E-state index is 0.0990. The van der Waals surface area contributed by atoms with Gasteiger partial charge in [0.2, 0.25) is 0 Å². The van der Waals surface area contributed by atoms with Crippen molar-refractivity contribution in [3.05, 3.63) is 70.4 Å². The number of hydrogen-bond acceptors (Lipinski definition) is 2. The molecule has 2 saturated heterocycles. The average Bonchev–Trinajstić information content (AvgIpc) is 3.18. The highest BCUT2D eigenvalue weighted by Gasteiger charge is 2.37. The number of carbonyl (C=O) groups excluding carboxylic acids is 1. The lowest BCUT2D eigenvalue weighted by Crippen LogP contribution is -2.43. The summed E-state index contributed by atoms with van der Waals surface area (Å²) in [5.41, 5.74) is 6.71. The Bertz CT molecular complexity index is 1160. The number of amides is 1. The highest BCUT2D eigenvalue weighted by atomic mass is 19.3. The van der Waals surface area contributed by atoms with Crippen LogP contribution in [0, 0.1) is 13.8 Å². The normalized spacial score (nSPS) is 19.6. The van der Waals surface area contributed by atoms with Crippen LogP contribution < -0.4 is 0 Å². The van der Waals surface area contributed by atoms with Crippen molar-refractivity contribution < 1.29 is 13.6 Å². The number of carbonyl (C=O) groups is 1. The van der Waals surface area contributed by atoms with E-state index in [-0.39, 0.29) is 31.8 Å². The second-order valence-corrected chi connectivity index (χ2v) is 10.0. The number of hydrogen-bond donors (Lipinski definition) is 1. The van der Waals surface area contributed by atoms with Gasteiger partial charge >= 0.3 is 0 Å². The van der Waals surface area contributed by atoms with E-state index >= 15 is 0 Å². The molecule has 5 rings (SSSR count). The van der Waals surface area contributed by atoms with Crippen molar-refractivity contribution in [2.24, 2.45) is 0 Å². The van der Waals surface area contributed by atoms with E-state index in [1.165, 1.54) is 16.7 Å². The molecule has 1 N–H and O–H groups in total. The van der Waals surface area contributed by atoms with Gasteiger partial charge < -0.3 is 9.88 Å². The topological polar surface area (TPSA) is 39.3 Å².